The summed E-state index contributed by atoms with van der Waals surface area (Å²) in [7, 11) is 0. The smallest absolute Gasteiger partial charge is 0.126 e. The van der Waals surface area contributed by atoms with Gasteiger partial charge in [0.05, 0.1) is 0 Å². The summed E-state index contributed by atoms with van der Waals surface area (Å²) in [5.41, 5.74) is 3.07. The first-order chi connectivity index (χ1) is 7.65. The molecule has 2 aromatic carbocycles. The van der Waals surface area contributed by atoms with Gasteiger partial charge in [-0.2, -0.15) is 0 Å². The zero-order valence-electron chi connectivity index (χ0n) is 9.00. The van der Waals surface area contributed by atoms with Crippen molar-refractivity contribution in [2.45, 2.75) is 13.3 Å². The van der Waals surface area contributed by atoms with Crippen molar-refractivity contribution < 1.29 is 4.39 Å². The van der Waals surface area contributed by atoms with Crippen molar-refractivity contribution in [2.75, 3.05) is 0 Å². The first kappa shape index (κ1) is 11.3. The van der Waals surface area contributed by atoms with Crippen LogP contribution in [0.15, 0.2) is 46.9 Å². The van der Waals surface area contributed by atoms with Crippen molar-refractivity contribution in [1.82, 2.24) is 0 Å². The molecule has 0 saturated heterocycles. The average molecular weight is 279 g/mol. The minimum Gasteiger partial charge on any atom is -0.207 e. The fraction of sp³-hybridized carbons (Fsp3) is 0.143. The van der Waals surface area contributed by atoms with Crippen molar-refractivity contribution in [3.05, 3.63) is 69.4 Å². The predicted molar refractivity (Wildman–Crippen MR) is 68.1 cm³/mol. The number of aryl methyl sites for hydroxylation is 1. The molecule has 0 nitrogen and oxygen atoms in total. The van der Waals surface area contributed by atoms with Crippen LogP contribution in [0, 0.1) is 12.7 Å². The van der Waals surface area contributed by atoms with Crippen LogP contribution in [0.1, 0.15) is 16.7 Å². The van der Waals surface area contributed by atoms with Gasteiger partial charge in [-0.1, -0.05) is 45.8 Å². The zero-order valence-corrected chi connectivity index (χ0v) is 10.6. The monoisotopic (exact) mass is 278 g/mol. The van der Waals surface area contributed by atoms with E-state index in [1.54, 1.807) is 6.07 Å². The number of halogens is 2. The summed E-state index contributed by atoms with van der Waals surface area (Å²) in [6.07, 6.45) is 0.631. The summed E-state index contributed by atoms with van der Waals surface area (Å²) < 4.78 is 14.4. The van der Waals surface area contributed by atoms with Gasteiger partial charge in [-0.25, -0.2) is 4.39 Å². The highest BCUT2D eigenvalue weighted by Crippen LogP contribution is 2.18. The third-order valence-corrected chi connectivity index (χ3v) is 3.02. The quantitative estimate of drug-likeness (QED) is 0.760. The van der Waals surface area contributed by atoms with Gasteiger partial charge < -0.3 is 0 Å². The molecule has 0 spiro atoms. The molecule has 0 N–H and O–H groups in total. The van der Waals surface area contributed by atoms with Gasteiger partial charge in [-0.15, -0.1) is 0 Å². The summed E-state index contributed by atoms with van der Waals surface area (Å²) in [6.45, 7) is 2.05. The Kier molecular flexibility index (Phi) is 3.39. The van der Waals surface area contributed by atoms with E-state index in [4.69, 9.17) is 0 Å². The Labute approximate surface area is 103 Å². The molecule has 16 heavy (non-hydrogen) atoms. The van der Waals surface area contributed by atoms with Gasteiger partial charge in [0.25, 0.3) is 0 Å². The number of benzene rings is 2. The molecule has 0 radical (unpaired) electrons. The van der Waals surface area contributed by atoms with Gasteiger partial charge in [0, 0.05) is 10.9 Å². The fourth-order valence-electron chi connectivity index (χ4n) is 1.60. The second-order valence-electron chi connectivity index (χ2n) is 3.90. The van der Waals surface area contributed by atoms with Gasteiger partial charge in [0.15, 0.2) is 0 Å². The highest BCUT2D eigenvalue weighted by Gasteiger charge is 2.03. The van der Waals surface area contributed by atoms with E-state index in [9.17, 15) is 4.39 Å². The third kappa shape index (κ3) is 2.70. The van der Waals surface area contributed by atoms with E-state index in [0.717, 1.165) is 15.6 Å². The van der Waals surface area contributed by atoms with Crippen LogP contribution in [0.4, 0.5) is 4.39 Å². The largest absolute Gasteiger partial charge is 0.207 e. The molecular weight excluding hydrogens is 267 g/mol. The van der Waals surface area contributed by atoms with E-state index >= 15 is 0 Å². The Hall–Kier alpha value is -1.15. The van der Waals surface area contributed by atoms with Crippen molar-refractivity contribution >= 4 is 15.9 Å². The molecule has 82 valence electrons. The molecule has 0 aliphatic heterocycles. The molecule has 0 aliphatic rings. The Morgan fingerprint density at radius 3 is 2.44 bits per heavy atom. The lowest BCUT2D eigenvalue weighted by molar-refractivity contribution is 0.613. The molecule has 0 bridgehead atoms. The number of hydrogen-bond donors (Lipinski definition) is 0. The molecule has 0 fully saturated rings. The van der Waals surface area contributed by atoms with Crippen LogP contribution >= 0.6 is 15.9 Å². The lowest BCUT2D eigenvalue weighted by Gasteiger charge is -2.04. The summed E-state index contributed by atoms with van der Waals surface area (Å²) in [4.78, 5) is 0. The zero-order chi connectivity index (χ0) is 11.5. The van der Waals surface area contributed by atoms with Crippen LogP contribution < -0.4 is 0 Å². The Morgan fingerprint density at radius 1 is 1.06 bits per heavy atom. The third-order valence-electron chi connectivity index (χ3n) is 2.52. The van der Waals surface area contributed by atoms with Crippen molar-refractivity contribution in [3.63, 3.8) is 0 Å². The number of rotatable bonds is 2. The first-order valence-electron chi connectivity index (χ1n) is 5.14. The maximum atomic E-state index is 13.5. The van der Waals surface area contributed by atoms with Gasteiger partial charge in [0.2, 0.25) is 0 Å². The lowest BCUT2D eigenvalue weighted by atomic mass is 10.0. The average Bonchev–Trinajstić information content (AvgIpc) is 2.27. The maximum absolute atomic E-state index is 13.5. The minimum absolute atomic E-state index is 0.149. The van der Waals surface area contributed by atoms with Crippen LogP contribution in [0.3, 0.4) is 0 Å². The molecule has 0 amide bonds. The normalized spacial score (nSPS) is 10.4. The maximum Gasteiger partial charge on any atom is 0.126 e. The van der Waals surface area contributed by atoms with Crippen molar-refractivity contribution in [3.8, 4) is 0 Å². The Bertz CT molecular complexity index is 489. The molecule has 2 aromatic rings. The summed E-state index contributed by atoms with van der Waals surface area (Å²) in [5, 5.41) is 0. The van der Waals surface area contributed by atoms with Gasteiger partial charge in [-0.3, -0.25) is 0 Å². The highest BCUT2D eigenvalue weighted by atomic mass is 79.9. The summed E-state index contributed by atoms with van der Waals surface area (Å²) in [5.74, 6) is -0.149. The Morgan fingerprint density at radius 2 is 1.75 bits per heavy atom. The Balaban J connectivity index is 2.26. The van der Waals surface area contributed by atoms with Crippen LogP contribution in [0.25, 0.3) is 0 Å². The van der Waals surface area contributed by atoms with Crippen LogP contribution in [0.2, 0.25) is 0 Å². The van der Waals surface area contributed by atoms with E-state index in [-0.39, 0.29) is 5.82 Å². The van der Waals surface area contributed by atoms with Gasteiger partial charge >= 0.3 is 0 Å². The van der Waals surface area contributed by atoms with Gasteiger partial charge in [0.1, 0.15) is 5.82 Å². The standard InChI is InChI=1S/C14H12BrF/c1-10-2-4-11(5-3-10)8-12-9-13(15)6-7-14(12)16/h2-7,9H,8H2,1H3. The van der Waals surface area contributed by atoms with Crippen LogP contribution in [-0.2, 0) is 6.42 Å². The van der Waals surface area contributed by atoms with E-state index in [2.05, 4.69) is 15.9 Å². The topological polar surface area (TPSA) is 0 Å². The van der Waals surface area contributed by atoms with E-state index in [1.165, 1.54) is 11.6 Å². The van der Waals surface area contributed by atoms with E-state index in [0.29, 0.717) is 6.42 Å². The predicted octanol–water partition coefficient (Wildman–Crippen LogP) is 4.49. The van der Waals surface area contributed by atoms with E-state index in [1.807, 2.05) is 37.3 Å². The second-order valence-corrected chi connectivity index (χ2v) is 4.81. The minimum atomic E-state index is -0.149. The highest BCUT2D eigenvalue weighted by molar-refractivity contribution is 9.10. The molecule has 2 heteroatoms. The van der Waals surface area contributed by atoms with Crippen molar-refractivity contribution in [1.29, 1.82) is 0 Å². The molecule has 0 unspecified atom stereocenters. The van der Waals surface area contributed by atoms with Gasteiger partial charge in [-0.05, 0) is 36.2 Å². The second kappa shape index (κ2) is 4.79. The molecule has 0 aliphatic carbocycles. The SMILES string of the molecule is Cc1ccc(Cc2cc(Br)ccc2F)cc1. The molecular formula is C14H12BrF. The number of hydrogen-bond acceptors (Lipinski definition) is 0. The first-order valence-corrected chi connectivity index (χ1v) is 5.94. The fourth-order valence-corrected chi connectivity index (χ4v) is 2.01. The molecule has 0 atom stereocenters. The summed E-state index contributed by atoms with van der Waals surface area (Å²) in [6, 6.07) is 13.2. The van der Waals surface area contributed by atoms with E-state index < -0.39 is 0 Å². The van der Waals surface area contributed by atoms with Crippen LogP contribution in [-0.4, -0.2) is 0 Å². The van der Waals surface area contributed by atoms with Crippen LogP contribution in [0.5, 0.6) is 0 Å². The summed E-state index contributed by atoms with van der Waals surface area (Å²) >= 11 is 3.35. The van der Waals surface area contributed by atoms with Crippen molar-refractivity contribution in [2.24, 2.45) is 0 Å². The lowest BCUT2D eigenvalue weighted by Crippen LogP contribution is -1.92. The molecule has 0 saturated carbocycles. The molecule has 2 rings (SSSR count). The molecule has 0 heterocycles. The molecule has 0 aromatic heterocycles.